The van der Waals surface area contributed by atoms with Crippen LogP contribution in [0.4, 0.5) is 0 Å². The molecular weight excluding hydrogens is 250 g/mol. The van der Waals surface area contributed by atoms with Crippen LogP contribution in [0.3, 0.4) is 0 Å². The molecule has 2 heterocycles. The Labute approximate surface area is 109 Å². The number of carbonyl (C=O) groups is 2. The molecule has 0 spiro atoms. The third-order valence-corrected chi connectivity index (χ3v) is 3.20. The van der Waals surface area contributed by atoms with E-state index in [1.54, 1.807) is 0 Å². The van der Waals surface area contributed by atoms with Gasteiger partial charge in [0.15, 0.2) is 0 Å². The highest BCUT2D eigenvalue weighted by atomic mass is 16.5. The van der Waals surface area contributed by atoms with Crippen LogP contribution >= 0.6 is 0 Å². The van der Waals surface area contributed by atoms with Gasteiger partial charge in [-0.2, -0.15) is 5.10 Å². The number of hydrogen-bond donors (Lipinski definition) is 0. The summed E-state index contributed by atoms with van der Waals surface area (Å²) in [4.78, 5) is 36.8. The summed E-state index contributed by atoms with van der Waals surface area (Å²) in [5.74, 6) is -0.791. The molecule has 102 valence electrons. The molecule has 7 heteroatoms. The summed E-state index contributed by atoms with van der Waals surface area (Å²) >= 11 is 0. The SMILES string of the molecule is COC(=O)C1CCCN1C(=O)c1cnn(C)c(=O)c1. The maximum Gasteiger partial charge on any atom is 0.328 e. The number of esters is 1. The summed E-state index contributed by atoms with van der Waals surface area (Å²) in [5.41, 5.74) is -0.168. The Morgan fingerprint density at radius 3 is 2.84 bits per heavy atom. The highest BCUT2D eigenvalue weighted by molar-refractivity contribution is 5.96. The van der Waals surface area contributed by atoms with Crippen LogP contribution in [0, 0.1) is 0 Å². The smallest absolute Gasteiger partial charge is 0.328 e. The second kappa shape index (κ2) is 5.21. The van der Waals surface area contributed by atoms with Crippen molar-refractivity contribution in [1.29, 1.82) is 0 Å². The summed E-state index contributed by atoms with van der Waals surface area (Å²) in [6, 6.07) is 0.656. The minimum Gasteiger partial charge on any atom is -0.467 e. The number of ether oxygens (including phenoxy) is 1. The molecule has 1 aromatic heterocycles. The van der Waals surface area contributed by atoms with Gasteiger partial charge in [-0.1, -0.05) is 0 Å². The molecule has 7 nitrogen and oxygen atoms in total. The first-order valence-corrected chi connectivity index (χ1v) is 5.96. The second-order valence-corrected chi connectivity index (χ2v) is 4.39. The van der Waals surface area contributed by atoms with E-state index in [9.17, 15) is 14.4 Å². The van der Waals surface area contributed by atoms with E-state index in [-0.39, 0.29) is 17.0 Å². The molecule has 0 radical (unpaired) electrons. The van der Waals surface area contributed by atoms with Crippen molar-refractivity contribution in [1.82, 2.24) is 14.7 Å². The topological polar surface area (TPSA) is 81.5 Å². The molecule has 1 amide bonds. The number of aryl methyl sites for hydroxylation is 1. The number of methoxy groups -OCH3 is 1. The van der Waals surface area contributed by atoms with E-state index < -0.39 is 12.0 Å². The summed E-state index contributed by atoms with van der Waals surface area (Å²) in [5, 5.41) is 3.80. The van der Waals surface area contributed by atoms with E-state index in [4.69, 9.17) is 0 Å². The fraction of sp³-hybridized carbons (Fsp3) is 0.500. The normalized spacial score (nSPS) is 18.4. The van der Waals surface area contributed by atoms with E-state index in [2.05, 4.69) is 9.84 Å². The molecule has 0 N–H and O–H groups in total. The van der Waals surface area contributed by atoms with E-state index in [0.29, 0.717) is 13.0 Å². The highest BCUT2D eigenvalue weighted by Crippen LogP contribution is 2.20. The predicted octanol–water partition coefficient (Wildman–Crippen LogP) is -0.442. The Morgan fingerprint density at radius 1 is 1.47 bits per heavy atom. The lowest BCUT2D eigenvalue weighted by Gasteiger charge is -2.22. The summed E-state index contributed by atoms with van der Waals surface area (Å²) in [6.07, 6.45) is 2.65. The summed E-state index contributed by atoms with van der Waals surface area (Å²) < 4.78 is 5.82. The first kappa shape index (κ1) is 13.3. The lowest BCUT2D eigenvalue weighted by molar-refractivity contribution is -0.145. The Morgan fingerprint density at radius 2 is 2.21 bits per heavy atom. The number of nitrogens with zero attached hydrogens (tertiary/aromatic N) is 3. The summed E-state index contributed by atoms with van der Waals surface area (Å²) in [6.45, 7) is 0.480. The van der Waals surface area contributed by atoms with Gasteiger partial charge in [-0.3, -0.25) is 9.59 Å². The van der Waals surface area contributed by atoms with Gasteiger partial charge in [-0.25, -0.2) is 9.48 Å². The first-order chi connectivity index (χ1) is 9.04. The molecular formula is C12H15N3O4. The van der Waals surface area contributed by atoms with Gasteiger partial charge in [0.2, 0.25) is 0 Å². The van der Waals surface area contributed by atoms with Gasteiger partial charge in [0.25, 0.3) is 11.5 Å². The third kappa shape index (κ3) is 2.49. The maximum absolute atomic E-state index is 12.3. The predicted molar refractivity (Wildman–Crippen MR) is 65.6 cm³/mol. The molecule has 1 aliphatic heterocycles. The van der Waals surface area contributed by atoms with Crippen molar-refractivity contribution in [2.45, 2.75) is 18.9 Å². The number of carbonyl (C=O) groups excluding carboxylic acids is 2. The molecule has 0 saturated carbocycles. The van der Waals surface area contributed by atoms with Gasteiger partial charge in [0, 0.05) is 19.7 Å². The van der Waals surface area contributed by atoms with Gasteiger partial charge in [0.1, 0.15) is 6.04 Å². The number of amides is 1. The zero-order valence-corrected chi connectivity index (χ0v) is 10.8. The molecule has 0 bridgehead atoms. The minimum atomic E-state index is -0.568. The minimum absolute atomic E-state index is 0.193. The van der Waals surface area contributed by atoms with Gasteiger partial charge in [-0.05, 0) is 12.8 Å². The molecule has 1 atom stereocenters. The lowest BCUT2D eigenvalue weighted by atomic mass is 10.2. The fourth-order valence-electron chi connectivity index (χ4n) is 2.14. The monoisotopic (exact) mass is 265 g/mol. The van der Waals surface area contributed by atoms with E-state index >= 15 is 0 Å². The van der Waals surface area contributed by atoms with Crippen LogP contribution in [-0.2, 0) is 16.6 Å². The van der Waals surface area contributed by atoms with Gasteiger partial charge in [0.05, 0.1) is 18.9 Å². The fourth-order valence-corrected chi connectivity index (χ4v) is 2.14. The molecule has 1 fully saturated rings. The quantitative estimate of drug-likeness (QED) is 0.677. The molecule has 0 aliphatic carbocycles. The van der Waals surface area contributed by atoms with Crippen molar-refractivity contribution in [2.24, 2.45) is 7.05 Å². The first-order valence-electron chi connectivity index (χ1n) is 5.96. The van der Waals surface area contributed by atoms with Gasteiger partial charge >= 0.3 is 5.97 Å². The van der Waals surface area contributed by atoms with Crippen LogP contribution in [-0.4, -0.2) is 46.3 Å². The van der Waals surface area contributed by atoms with Crippen LogP contribution in [0.15, 0.2) is 17.1 Å². The summed E-state index contributed by atoms with van der Waals surface area (Å²) in [7, 11) is 2.80. The molecule has 1 aliphatic rings. The largest absolute Gasteiger partial charge is 0.467 e. The van der Waals surface area contributed by atoms with Crippen LogP contribution < -0.4 is 5.56 Å². The zero-order valence-electron chi connectivity index (χ0n) is 10.8. The van der Waals surface area contributed by atoms with Crippen molar-refractivity contribution in [3.05, 3.63) is 28.2 Å². The zero-order chi connectivity index (χ0) is 14.0. The molecule has 1 unspecified atom stereocenters. The van der Waals surface area contributed by atoms with Crippen LogP contribution in [0.5, 0.6) is 0 Å². The number of hydrogen-bond acceptors (Lipinski definition) is 5. The van der Waals surface area contributed by atoms with Crippen LogP contribution in [0.1, 0.15) is 23.2 Å². The van der Waals surface area contributed by atoms with Crippen molar-refractivity contribution in [2.75, 3.05) is 13.7 Å². The Kier molecular flexibility index (Phi) is 3.64. The Balaban J connectivity index is 2.25. The number of rotatable bonds is 2. The second-order valence-electron chi connectivity index (χ2n) is 4.39. The molecule has 0 aromatic carbocycles. The molecule has 1 saturated heterocycles. The molecule has 2 rings (SSSR count). The van der Waals surface area contributed by atoms with Crippen molar-refractivity contribution >= 4 is 11.9 Å². The Bertz CT molecular complexity index is 566. The number of aromatic nitrogens is 2. The van der Waals surface area contributed by atoms with Crippen molar-refractivity contribution in [3.63, 3.8) is 0 Å². The van der Waals surface area contributed by atoms with Crippen LogP contribution in [0.2, 0.25) is 0 Å². The van der Waals surface area contributed by atoms with Crippen molar-refractivity contribution < 1.29 is 14.3 Å². The number of likely N-dealkylation sites (tertiary alicyclic amines) is 1. The third-order valence-electron chi connectivity index (χ3n) is 3.20. The molecule has 1 aromatic rings. The Hall–Kier alpha value is -2.18. The average Bonchev–Trinajstić information content (AvgIpc) is 2.89. The maximum atomic E-state index is 12.3. The van der Waals surface area contributed by atoms with E-state index in [1.165, 1.54) is 31.3 Å². The van der Waals surface area contributed by atoms with E-state index in [0.717, 1.165) is 11.1 Å². The standard InChI is InChI=1S/C12H15N3O4/c1-14-10(16)6-8(7-13-14)11(17)15-5-3-4-9(15)12(18)19-2/h6-7,9H,3-5H2,1-2H3. The highest BCUT2D eigenvalue weighted by Gasteiger charge is 2.35. The average molecular weight is 265 g/mol. The van der Waals surface area contributed by atoms with Gasteiger partial charge < -0.3 is 9.64 Å². The molecule has 19 heavy (non-hydrogen) atoms. The van der Waals surface area contributed by atoms with Gasteiger partial charge in [-0.15, -0.1) is 0 Å². The lowest BCUT2D eigenvalue weighted by Crippen LogP contribution is -2.41. The van der Waals surface area contributed by atoms with Crippen LogP contribution in [0.25, 0.3) is 0 Å². The van der Waals surface area contributed by atoms with Crippen molar-refractivity contribution in [3.8, 4) is 0 Å². The van der Waals surface area contributed by atoms with E-state index in [1.807, 2.05) is 0 Å².